The minimum atomic E-state index is 0.623. The van der Waals surface area contributed by atoms with Crippen LogP contribution in [0, 0.1) is 6.92 Å². The minimum absolute atomic E-state index is 0.623. The van der Waals surface area contributed by atoms with Crippen molar-refractivity contribution in [2.75, 3.05) is 44.8 Å². The number of aromatic nitrogens is 1. The van der Waals surface area contributed by atoms with Crippen molar-refractivity contribution < 1.29 is 4.74 Å². The van der Waals surface area contributed by atoms with Crippen LogP contribution in [-0.4, -0.2) is 55.8 Å². The highest BCUT2D eigenvalue weighted by Gasteiger charge is 2.25. The van der Waals surface area contributed by atoms with Gasteiger partial charge in [0.1, 0.15) is 0 Å². The van der Waals surface area contributed by atoms with E-state index in [1.807, 2.05) is 6.20 Å². The Labute approximate surface area is 116 Å². The second kappa shape index (κ2) is 6.87. The fraction of sp³-hybridized carbons (Fsp3) is 0.667. The third-order valence-electron chi connectivity index (χ3n) is 3.90. The molecular formula is C15H25N3O. The molecule has 19 heavy (non-hydrogen) atoms. The largest absolute Gasteiger partial charge is 0.383 e. The van der Waals surface area contributed by atoms with Gasteiger partial charge in [0.25, 0.3) is 0 Å². The topological polar surface area (TPSA) is 28.6 Å². The Kier molecular flexibility index (Phi) is 5.16. The third-order valence-corrected chi connectivity index (χ3v) is 3.90. The molecule has 4 heteroatoms. The number of hydrogen-bond donors (Lipinski definition) is 0. The standard InChI is InChI=1S/C15H25N3O/c1-4-14-12-18(8-7-17(14)9-10-19-3)15-5-6-16-13(2)11-15/h5-6,11,14H,4,7-10,12H2,1-3H3. The summed E-state index contributed by atoms with van der Waals surface area (Å²) in [4.78, 5) is 9.30. The van der Waals surface area contributed by atoms with E-state index in [4.69, 9.17) is 4.74 Å². The molecule has 0 N–H and O–H groups in total. The molecule has 0 amide bonds. The minimum Gasteiger partial charge on any atom is -0.383 e. The third kappa shape index (κ3) is 3.67. The molecule has 1 fully saturated rings. The van der Waals surface area contributed by atoms with Crippen molar-refractivity contribution in [3.63, 3.8) is 0 Å². The van der Waals surface area contributed by atoms with Crippen molar-refractivity contribution >= 4 is 5.69 Å². The summed E-state index contributed by atoms with van der Waals surface area (Å²) in [5.41, 5.74) is 2.39. The fourth-order valence-electron chi connectivity index (χ4n) is 2.74. The van der Waals surface area contributed by atoms with Crippen molar-refractivity contribution in [1.82, 2.24) is 9.88 Å². The van der Waals surface area contributed by atoms with Crippen molar-refractivity contribution in [2.24, 2.45) is 0 Å². The summed E-state index contributed by atoms with van der Waals surface area (Å²) >= 11 is 0. The summed E-state index contributed by atoms with van der Waals surface area (Å²) in [6, 6.07) is 4.92. The van der Waals surface area contributed by atoms with Gasteiger partial charge in [-0.05, 0) is 25.5 Å². The van der Waals surface area contributed by atoms with Gasteiger partial charge in [-0.3, -0.25) is 9.88 Å². The molecule has 0 bridgehead atoms. The summed E-state index contributed by atoms with van der Waals surface area (Å²) in [6.07, 6.45) is 3.09. The summed E-state index contributed by atoms with van der Waals surface area (Å²) in [6.45, 7) is 9.49. The molecule has 2 heterocycles. The van der Waals surface area contributed by atoms with E-state index in [0.717, 1.165) is 38.5 Å². The van der Waals surface area contributed by atoms with E-state index in [9.17, 15) is 0 Å². The molecule has 0 saturated carbocycles. The number of anilines is 1. The number of hydrogen-bond acceptors (Lipinski definition) is 4. The number of ether oxygens (including phenoxy) is 1. The molecule has 1 aromatic heterocycles. The quantitative estimate of drug-likeness (QED) is 0.811. The highest BCUT2D eigenvalue weighted by Crippen LogP contribution is 2.20. The first kappa shape index (κ1) is 14.3. The van der Waals surface area contributed by atoms with Crippen LogP contribution >= 0.6 is 0 Å². The zero-order chi connectivity index (χ0) is 13.7. The highest BCUT2D eigenvalue weighted by molar-refractivity contribution is 5.47. The van der Waals surface area contributed by atoms with Gasteiger partial charge in [-0.15, -0.1) is 0 Å². The average molecular weight is 263 g/mol. The molecular weight excluding hydrogens is 238 g/mol. The Balaban J connectivity index is 2.00. The number of aryl methyl sites for hydroxylation is 1. The first-order chi connectivity index (χ1) is 9.24. The Morgan fingerprint density at radius 3 is 2.95 bits per heavy atom. The van der Waals surface area contributed by atoms with E-state index >= 15 is 0 Å². The van der Waals surface area contributed by atoms with E-state index in [-0.39, 0.29) is 0 Å². The van der Waals surface area contributed by atoms with Crippen molar-refractivity contribution in [3.8, 4) is 0 Å². The van der Waals surface area contributed by atoms with Crippen LogP contribution in [0.25, 0.3) is 0 Å². The molecule has 4 nitrogen and oxygen atoms in total. The number of methoxy groups -OCH3 is 1. The SMILES string of the molecule is CCC1CN(c2ccnc(C)c2)CCN1CCOC. The van der Waals surface area contributed by atoms with Gasteiger partial charge < -0.3 is 9.64 Å². The lowest BCUT2D eigenvalue weighted by atomic mass is 10.1. The Morgan fingerprint density at radius 2 is 2.26 bits per heavy atom. The fourth-order valence-corrected chi connectivity index (χ4v) is 2.74. The normalized spacial score (nSPS) is 20.8. The lowest BCUT2D eigenvalue weighted by molar-refractivity contribution is 0.109. The maximum atomic E-state index is 5.20. The molecule has 1 aliphatic rings. The molecule has 1 atom stereocenters. The van der Waals surface area contributed by atoms with E-state index < -0.39 is 0 Å². The van der Waals surface area contributed by atoms with Crippen LogP contribution in [0.4, 0.5) is 5.69 Å². The van der Waals surface area contributed by atoms with Gasteiger partial charge in [0, 0.05) is 56.9 Å². The zero-order valence-corrected chi connectivity index (χ0v) is 12.3. The number of nitrogens with zero attached hydrogens (tertiary/aromatic N) is 3. The predicted octanol–water partition coefficient (Wildman–Crippen LogP) is 1.94. The number of pyridine rings is 1. The monoisotopic (exact) mass is 263 g/mol. The van der Waals surface area contributed by atoms with Gasteiger partial charge in [-0.25, -0.2) is 0 Å². The Bertz CT molecular complexity index is 397. The van der Waals surface area contributed by atoms with Crippen LogP contribution < -0.4 is 4.90 Å². The Hall–Kier alpha value is -1.13. The molecule has 0 aromatic carbocycles. The molecule has 1 aliphatic heterocycles. The second-order valence-corrected chi connectivity index (χ2v) is 5.19. The van der Waals surface area contributed by atoms with Gasteiger partial charge in [0.05, 0.1) is 6.61 Å². The molecule has 106 valence electrons. The van der Waals surface area contributed by atoms with Crippen LogP contribution in [-0.2, 0) is 4.74 Å². The maximum Gasteiger partial charge on any atom is 0.0589 e. The van der Waals surface area contributed by atoms with Crippen LogP contribution in [0.2, 0.25) is 0 Å². The van der Waals surface area contributed by atoms with E-state index in [2.05, 4.69) is 40.8 Å². The van der Waals surface area contributed by atoms with Gasteiger partial charge in [-0.1, -0.05) is 6.92 Å². The molecule has 1 saturated heterocycles. The van der Waals surface area contributed by atoms with Crippen LogP contribution in [0.15, 0.2) is 18.3 Å². The Morgan fingerprint density at radius 1 is 1.42 bits per heavy atom. The van der Waals surface area contributed by atoms with Gasteiger partial charge in [-0.2, -0.15) is 0 Å². The van der Waals surface area contributed by atoms with Crippen LogP contribution in [0.5, 0.6) is 0 Å². The second-order valence-electron chi connectivity index (χ2n) is 5.19. The zero-order valence-electron chi connectivity index (χ0n) is 12.3. The predicted molar refractivity (Wildman–Crippen MR) is 78.7 cm³/mol. The summed E-state index contributed by atoms with van der Waals surface area (Å²) in [7, 11) is 1.77. The van der Waals surface area contributed by atoms with E-state index in [1.165, 1.54) is 12.1 Å². The van der Waals surface area contributed by atoms with Crippen LogP contribution in [0.3, 0.4) is 0 Å². The van der Waals surface area contributed by atoms with Crippen LogP contribution in [0.1, 0.15) is 19.0 Å². The molecule has 0 spiro atoms. The summed E-state index contributed by atoms with van der Waals surface area (Å²) in [5, 5.41) is 0. The first-order valence-corrected chi connectivity index (χ1v) is 7.15. The smallest absolute Gasteiger partial charge is 0.0589 e. The summed E-state index contributed by atoms with van der Waals surface area (Å²) in [5.74, 6) is 0. The lowest BCUT2D eigenvalue weighted by Gasteiger charge is -2.42. The average Bonchev–Trinajstić information content (AvgIpc) is 2.45. The molecule has 0 aliphatic carbocycles. The first-order valence-electron chi connectivity index (χ1n) is 7.15. The molecule has 2 rings (SSSR count). The number of rotatable bonds is 5. The van der Waals surface area contributed by atoms with Crippen molar-refractivity contribution in [2.45, 2.75) is 26.3 Å². The molecule has 1 unspecified atom stereocenters. The number of piperazine rings is 1. The van der Waals surface area contributed by atoms with Gasteiger partial charge >= 0.3 is 0 Å². The van der Waals surface area contributed by atoms with Gasteiger partial charge in [0.2, 0.25) is 0 Å². The molecule has 1 aromatic rings. The van der Waals surface area contributed by atoms with E-state index in [0.29, 0.717) is 6.04 Å². The summed E-state index contributed by atoms with van der Waals surface area (Å²) < 4.78 is 5.20. The van der Waals surface area contributed by atoms with E-state index in [1.54, 1.807) is 7.11 Å². The van der Waals surface area contributed by atoms with Crippen molar-refractivity contribution in [3.05, 3.63) is 24.0 Å². The van der Waals surface area contributed by atoms with Crippen molar-refractivity contribution in [1.29, 1.82) is 0 Å². The molecule has 0 radical (unpaired) electrons. The maximum absolute atomic E-state index is 5.20. The lowest BCUT2D eigenvalue weighted by Crippen LogP contribution is -2.53. The van der Waals surface area contributed by atoms with Gasteiger partial charge in [0.15, 0.2) is 0 Å². The highest BCUT2D eigenvalue weighted by atomic mass is 16.5.